The minimum Gasteiger partial charge on any atom is -0.400 e. The molecule has 0 radical (unpaired) electrons. The first-order valence-corrected chi connectivity index (χ1v) is 10.4. The summed E-state index contributed by atoms with van der Waals surface area (Å²) < 4.78 is 37.4. The summed E-state index contributed by atoms with van der Waals surface area (Å²) in [5.41, 5.74) is 0. The Bertz CT molecular complexity index is 1060. The average Bonchev–Trinajstić information content (AvgIpc) is 3.40. The van der Waals surface area contributed by atoms with Gasteiger partial charge in [0.15, 0.2) is 0 Å². The molecule has 0 spiro atoms. The van der Waals surface area contributed by atoms with E-state index in [2.05, 4.69) is 20.7 Å². The standard InChI is InChI=1S/C14H12ClN5O5S2/c15-10-3-4-11(26-10)27(22,23)20-7-1-2-8(20)12(21)17-14-19-18-13(24-14)9-5-6-16-25-9/h3-6,8H,1-2,7H2,(H,17,19,21). The van der Waals surface area contributed by atoms with Crippen molar-refractivity contribution < 1.29 is 22.2 Å². The molecule has 13 heteroatoms. The normalized spacial score (nSPS) is 18.0. The summed E-state index contributed by atoms with van der Waals surface area (Å²) >= 11 is 6.79. The van der Waals surface area contributed by atoms with Gasteiger partial charge in [-0.15, -0.1) is 16.4 Å². The van der Waals surface area contributed by atoms with E-state index in [-0.39, 0.29) is 28.4 Å². The van der Waals surface area contributed by atoms with E-state index in [1.54, 1.807) is 0 Å². The Morgan fingerprint density at radius 1 is 1.33 bits per heavy atom. The highest BCUT2D eigenvalue weighted by Gasteiger charge is 2.40. The third-order valence-corrected chi connectivity index (χ3v) is 7.53. The van der Waals surface area contributed by atoms with Gasteiger partial charge in [0.25, 0.3) is 15.9 Å². The number of carbonyl (C=O) groups excluding carboxylic acids is 1. The number of nitrogens with one attached hydrogen (secondary N) is 1. The Labute approximate surface area is 162 Å². The lowest BCUT2D eigenvalue weighted by atomic mass is 10.2. The molecule has 1 saturated heterocycles. The number of nitrogens with zero attached hydrogens (tertiary/aromatic N) is 4. The van der Waals surface area contributed by atoms with Crippen LogP contribution in [0.1, 0.15) is 12.8 Å². The number of hydrogen-bond acceptors (Lipinski definition) is 9. The Hall–Kier alpha value is -2.28. The number of carbonyl (C=O) groups is 1. The van der Waals surface area contributed by atoms with Gasteiger partial charge < -0.3 is 8.94 Å². The first kappa shape index (κ1) is 18.1. The molecule has 1 aliphatic heterocycles. The average molecular weight is 430 g/mol. The second-order valence-electron chi connectivity index (χ2n) is 5.61. The molecular formula is C14H12ClN5O5S2. The number of rotatable bonds is 5. The summed E-state index contributed by atoms with van der Waals surface area (Å²) in [6.45, 7) is 0.239. The highest BCUT2D eigenvalue weighted by Crippen LogP contribution is 2.32. The molecule has 1 N–H and O–H groups in total. The van der Waals surface area contributed by atoms with Gasteiger partial charge in [0.2, 0.25) is 11.7 Å². The van der Waals surface area contributed by atoms with E-state index in [1.165, 1.54) is 24.4 Å². The second-order valence-corrected chi connectivity index (χ2v) is 9.44. The fraction of sp³-hybridized carbons (Fsp3) is 0.286. The van der Waals surface area contributed by atoms with E-state index < -0.39 is 22.0 Å². The molecular weight excluding hydrogens is 418 g/mol. The van der Waals surface area contributed by atoms with Crippen LogP contribution >= 0.6 is 22.9 Å². The van der Waals surface area contributed by atoms with Gasteiger partial charge in [0.05, 0.1) is 10.5 Å². The lowest BCUT2D eigenvalue weighted by Gasteiger charge is -2.21. The van der Waals surface area contributed by atoms with Gasteiger partial charge in [0.1, 0.15) is 10.3 Å². The van der Waals surface area contributed by atoms with Crippen LogP contribution in [0.25, 0.3) is 11.7 Å². The molecule has 1 unspecified atom stereocenters. The SMILES string of the molecule is O=C(Nc1nnc(-c2ccno2)o1)C1CCCN1S(=O)(=O)c1ccc(Cl)s1. The highest BCUT2D eigenvalue weighted by atomic mass is 35.5. The fourth-order valence-corrected chi connectivity index (χ4v) is 6.00. The van der Waals surface area contributed by atoms with E-state index in [4.69, 9.17) is 20.5 Å². The lowest BCUT2D eigenvalue weighted by molar-refractivity contribution is -0.119. The molecule has 0 bridgehead atoms. The molecule has 3 aromatic heterocycles. The number of thiophene rings is 1. The molecule has 142 valence electrons. The smallest absolute Gasteiger partial charge is 0.322 e. The van der Waals surface area contributed by atoms with Crippen LogP contribution in [0.5, 0.6) is 0 Å². The molecule has 4 rings (SSSR count). The second kappa shape index (κ2) is 7.03. The van der Waals surface area contributed by atoms with Gasteiger partial charge in [-0.3, -0.25) is 10.1 Å². The van der Waals surface area contributed by atoms with Crippen LogP contribution in [0.3, 0.4) is 0 Å². The summed E-state index contributed by atoms with van der Waals surface area (Å²) in [6, 6.07) is 3.42. The largest absolute Gasteiger partial charge is 0.400 e. The van der Waals surface area contributed by atoms with E-state index in [1.807, 2.05) is 0 Å². The van der Waals surface area contributed by atoms with E-state index >= 15 is 0 Å². The number of halogens is 1. The van der Waals surface area contributed by atoms with Crippen molar-refractivity contribution in [2.75, 3.05) is 11.9 Å². The van der Waals surface area contributed by atoms with Crippen LogP contribution < -0.4 is 5.32 Å². The van der Waals surface area contributed by atoms with Gasteiger partial charge in [-0.2, -0.15) is 4.31 Å². The fourth-order valence-electron chi connectivity index (χ4n) is 2.73. The van der Waals surface area contributed by atoms with Crippen molar-refractivity contribution in [3.63, 3.8) is 0 Å². The van der Waals surface area contributed by atoms with Crippen LogP contribution in [0, 0.1) is 0 Å². The molecule has 0 aromatic carbocycles. The summed E-state index contributed by atoms with van der Waals surface area (Å²) in [5, 5.41) is 13.4. The van der Waals surface area contributed by atoms with Gasteiger partial charge in [-0.05, 0) is 25.0 Å². The predicted molar refractivity (Wildman–Crippen MR) is 94.7 cm³/mol. The highest BCUT2D eigenvalue weighted by molar-refractivity contribution is 7.91. The minimum absolute atomic E-state index is 0.0481. The zero-order valence-electron chi connectivity index (χ0n) is 13.5. The number of hydrogen-bond donors (Lipinski definition) is 1. The van der Waals surface area contributed by atoms with Gasteiger partial charge in [-0.25, -0.2) is 8.42 Å². The Morgan fingerprint density at radius 2 is 2.19 bits per heavy atom. The summed E-state index contributed by atoms with van der Waals surface area (Å²) in [7, 11) is -3.82. The number of amides is 1. The quantitative estimate of drug-likeness (QED) is 0.653. The van der Waals surface area contributed by atoms with Crippen LogP contribution in [0.2, 0.25) is 4.34 Å². The van der Waals surface area contributed by atoms with Crippen molar-refractivity contribution in [3.05, 3.63) is 28.7 Å². The van der Waals surface area contributed by atoms with Crippen molar-refractivity contribution in [3.8, 4) is 11.7 Å². The van der Waals surface area contributed by atoms with E-state index in [9.17, 15) is 13.2 Å². The zero-order valence-corrected chi connectivity index (χ0v) is 15.9. The van der Waals surface area contributed by atoms with Crippen LogP contribution in [-0.2, 0) is 14.8 Å². The van der Waals surface area contributed by atoms with Gasteiger partial charge in [0, 0.05) is 12.6 Å². The summed E-state index contributed by atoms with van der Waals surface area (Å²) in [6.07, 6.45) is 2.35. The van der Waals surface area contributed by atoms with Crippen LogP contribution in [-0.4, -0.2) is 46.6 Å². The third kappa shape index (κ3) is 3.48. The number of sulfonamides is 1. The number of anilines is 1. The Kier molecular flexibility index (Phi) is 4.72. The third-order valence-electron chi connectivity index (χ3n) is 3.92. The minimum atomic E-state index is -3.82. The molecule has 1 atom stereocenters. The Balaban J connectivity index is 1.51. The van der Waals surface area contributed by atoms with E-state index in [0.717, 1.165) is 15.6 Å². The topological polar surface area (TPSA) is 131 Å². The van der Waals surface area contributed by atoms with Crippen LogP contribution in [0.4, 0.5) is 6.01 Å². The Morgan fingerprint density at radius 3 is 2.89 bits per heavy atom. The molecule has 0 aliphatic carbocycles. The molecule has 4 heterocycles. The number of aromatic nitrogens is 3. The van der Waals surface area contributed by atoms with Crippen molar-refractivity contribution >= 4 is 44.9 Å². The molecule has 27 heavy (non-hydrogen) atoms. The van der Waals surface area contributed by atoms with Crippen molar-refractivity contribution in [2.24, 2.45) is 0 Å². The molecule has 1 amide bonds. The van der Waals surface area contributed by atoms with Gasteiger partial charge in [-0.1, -0.05) is 21.9 Å². The molecule has 1 fully saturated rings. The maximum atomic E-state index is 12.8. The molecule has 0 saturated carbocycles. The predicted octanol–water partition coefficient (Wildman–Crippen LogP) is 2.23. The maximum Gasteiger partial charge on any atom is 0.322 e. The van der Waals surface area contributed by atoms with E-state index in [0.29, 0.717) is 17.2 Å². The van der Waals surface area contributed by atoms with Gasteiger partial charge >= 0.3 is 6.01 Å². The first-order valence-electron chi connectivity index (χ1n) is 7.78. The summed E-state index contributed by atoms with van der Waals surface area (Å²) in [4.78, 5) is 12.6. The van der Waals surface area contributed by atoms with Crippen molar-refractivity contribution in [1.82, 2.24) is 19.7 Å². The lowest BCUT2D eigenvalue weighted by Crippen LogP contribution is -2.42. The maximum absolute atomic E-state index is 12.8. The molecule has 10 nitrogen and oxygen atoms in total. The summed E-state index contributed by atoms with van der Waals surface area (Å²) in [5.74, 6) is -0.249. The van der Waals surface area contributed by atoms with Crippen molar-refractivity contribution in [2.45, 2.75) is 23.1 Å². The monoisotopic (exact) mass is 429 g/mol. The van der Waals surface area contributed by atoms with Crippen molar-refractivity contribution in [1.29, 1.82) is 0 Å². The zero-order chi connectivity index (χ0) is 19.0. The molecule has 1 aliphatic rings. The van der Waals surface area contributed by atoms with Crippen LogP contribution in [0.15, 0.2) is 37.5 Å². The first-order chi connectivity index (χ1) is 12.9. The molecule has 3 aromatic rings.